The molecule has 0 bridgehead atoms. The third kappa shape index (κ3) is 9.81. The van der Waals surface area contributed by atoms with E-state index in [-0.39, 0.29) is 0 Å². The van der Waals surface area contributed by atoms with Gasteiger partial charge in [0, 0.05) is 6.16 Å². The Morgan fingerprint density at radius 3 is 2.46 bits per heavy atom. The maximum absolute atomic E-state index is 11.2. The van der Waals surface area contributed by atoms with E-state index in [2.05, 4.69) is 21.1 Å². The molecule has 0 aromatic heterocycles. The number of likely N-dealkylation sites (N-methyl/N-ethyl adjacent to an activating group) is 1. The van der Waals surface area contributed by atoms with E-state index in [9.17, 15) is 4.57 Å². The molecule has 0 saturated heterocycles. The lowest BCUT2D eigenvalue weighted by Gasteiger charge is -2.23. The van der Waals surface area contributed by atoms with Crippen molar-refractivity contribution in [3.63, 3.8) is 0 Å². The van der Waals surface area contributed by atoms with E-state index in [1.807, 2.05) is 19.1 Å². The predicted octanol–water partition coefficient (Wildman–Crippen LogP) is 1.76. The summed E-state index contributed by atoms with van der Waals surface area (Å²) in [6.45, 7) is 3.40. The molecular weight excluding hydrogens is 185 g/mol. The zero-order chi connectivity index (χ0) is 10.3. The third-order valence-electron chi connectivity index (χ3n) is 1.55. The molecule has 0 aliphatic carbocycles. The Hall–Kier alpha value is -0.110. The van der Waals surface area contributed by atoms with Gasteiger partial charge in [-0.25, -0.2) is 0 Å². The molecule has 0 fully saturated rings. The minimum atomic E-state index is -1.82. The van der Waals surface area contributed by atoms with E-state index in [0.717, 1.165) is 11.0 Å². The van der Waals surface area contributed by atoms with Crippen LogP contribution in [0.3, 0.4) is 0 Å². The third-order valence-corrected chi connectivity index (χ3v) is 2.64. The van der Waals surface area contributed by atoms with Crippen LogP contribution in [0.15, 0.2) is 12.2 Å². The van der Waals surface area contributed by atoms with Crippen molar-refractivity contribution in [2.75, 3.05) is 40.5 Å². The lowest BCUT2D eigenvalue weighted by atomic mass is 10.5. The van der Waals surface area contributed by atoms with Gasteiger partial charge in [0.15, 0.2) is 8.03 Å². The molecule has 0 radical (unpaired) electrons. The number of hydrogen-bond donors (Lipinski definition) is 0. The highest BCUT2D eigenvalue weighted by atomic mass is 31.1. The van der Waals surface area contributed by atoms with Gasteiger partial charge in [-0.05, 0) is 6.92 Å². The Kier molecular flexibility index (Phi) is 6.31. The fraction of sp³-hybridized carbons (Fsp3) is 0.778. The number of allylic oxidation sites excluding steroid dienone is 2. The molecule has 0 aromatic carbocycles. The van der Waals surface area contributed by atoms with Crippen LogP contribution in [0, 0.1) is 0 Å². The first-order valence-corrected chi connectivity index (χ1v) is 6.05. The molecule has 78 valence electrons. The smallest absolute Gasteiger partial charge is 0.195 e. The van der Waals surface area contributed by atoms with Crippen molar-refractivity contribution >= 4 is 8.03 Å². The van der Waals surface area contributed by atoms with E-state index in [0.29, 0.717) is 12.8 Å². The number of nitrogens with zero attached hydrogens (tertiary/aromatic N) is 1. The Morgan fingerprint density at radius 1 is 1.38 bits per heavy atom. The van der Waals surface area contributed by atoms with E-state index >= 15 is 0 Å². The minimum Gasteiger partial charge on any atom is -0.329 e. The number of hydrogen-bond acceptors (Lipinski definition) is 2. The molecule has 0 spiro atoms. The molecule has 0 N–H and O–H groups in total. The van der Waals surface area contributed by atoms with Gasteiger partial charge in [-0.3, -0.25) is 4.57 Å². The van der Waals surface area contributed by atoms with Crippen LogP contribution in [-0.2, 0) is 9.09 Å². The van der Waals surface area contributed by atoms with Crippen LogP contribution in [0.25, 0.3) is 0 Å². The quantitative estimate of drug-likeness (QED) is 0.376. The summed E-state index contributed by atoms with van der Waals surface area (Å²) < 4.78 is 17.2. The van der Waals surface area contributed by atoms with Crippen LogP contribution in [0.2, 0.25) is 0 Å². The second-order valence-electron chi connectivity index (χ2n) is 4.01. The fourth-order valence-electron chi connectivity index (χ4n) is 0.706. The van der Waals surface area contributed by atoms with Gasteiger partial charge >= 0.3 is 0 Å². The second kappa shape index (κ2) is 6.36. The summed E-state index contributed by atoms with van der Waals surface area (Å²) in [5.74, 6) is 0. The summed E-state index contributed by atoms with van der Waals surface area (Å²) in [6, 6.07) is 0. The maximum atomic E-state index is 11.2. The van der Waals surface area contributed by atoms with E-state index < -0.39 is 8.03 Å². The molecule has 0 saturated carbocycles. The standard InChI is InChI=1S/C9H21NO2P/c1-5-6-9-13(11)12-8-7-10(2,3)4/h5-6,13H,7-9H2,1-4H3/q+1. The summed E-state index contributed by atoms with van der Waals surface area (Å²) in [5.41, 5.74) is 0. The molecule has 0 aliphatic rings. The zero-order valence-electron chi connectivity index (χ0n) is 9.04. The van der Waals surface area contributed by atoms with Crippen LogP contribution < -0.4 is 0 Å². The van der Waals surface area contributed by atoms with Crippen molar-refractivity contribution < 1.29 is 13.6 Å². The van der Waals surface area contributed by atoms with Gasteiger partial charge < -0.3 is 9.01 Å². The van der Waals surface area contributed by atoms with Crippen LogP contribution >= 0.6 is 8.03 Å². The average Bonchev–Trinajstić information content (AvgIpc) is 1.98. The Bertz CT molecular complexity index is 185. The molecular formula is C9H21NO2P+. The summed E-state index contributed by atoms with van der Waals surface area (Å²) in [5, 5.41) is 0. The van der Waals surface area contributed by atoms with Gasteiger partial charge in [-0.1, -0.05) is 12.2 Å². The highest BCUT2D eigenvalue weighted by molar-refractivity contribution is 7.39. The monoisotopic (exact) mass is 206 g/mol. The van der Waals surface area contributed by atoms with E-state index in [4.69, 9.17) is 4.52 Å². The highest BCUT2D eigenvalue weighted by Gasteiger charge is 2.07. The van der Waals surface area contributed by atoms with Crippen molar-refractivity contribution in [1.82, 2.24) is 0 Å². The summed E-state index contributed by atoms with van der Waals surface area (Å²) >= 11 is 0. The lowest BCUT2D eigenvalue weighted by Crippen LogP contribution is -2.37. The topological polar surface area (TPSA) is 26.3 Å². The fourth-order valence-corrected chi connectivity index (χ4v) is 1.57. The molecule has 13 heavy (non-hydrogen) atoms. The molecule has 1 atom stereocenters. The first kappa shape index (κ1) is 12.9. The van der Waals surface area contributed by atoms with Gasteiger partial charge in [-0.15, -0.1) is 0 Å². The number of quaternary nitrogens is 1. The van der Waals surface area contributed by atoms with Crippen LogP contribution in [0.5, 0.6) is 0 Å². The van der Waals surface area contributed by atoms with E-state index in [1.54, 1.807) is 0 Å². The first-order valence-electron chi connectivity index (χ1n) is 4.53. The van der Waals surface area contributed by atoms with Gasteiger partial charge in [0.1, 0.15) is 13.2 Å². The molecule has 0 aliphatic heterocycles. The predicted molar refractivity (Wildman–Crippen MR) is 57.5 cm³/mol. The van der Waals surface area contributed by atoms with Crippen molar-refractivity contribution in [1.29, 1.82) is 0 Å². The number of rotatable bonds is 6. The van der Waals surface area contributed by atoms with Gasteiger partial charge in [0.2, 0.25) is 0 Å². The van der Waals surface area contributed by atoms with Crippen LogP contribution in [-0.4, -0.2) is 44.9 Å². The SMILES string of the molecule is CC=CC[PH](=O)OCC[N+](C)(C)C. The van der Waals surface area contributed by atoms with Gasteiger partial charge in [0.25, 0.3) is 0 Å². The van der Waals surface area contributed by atoms with Gasteiger partial charge in [0.05, 0.1) is 21.1 Å². The van der Waals surface area contributed by atoms with Crippen molar-refractivity contribution in [3.05, 3.63) is 12.2 Å². The molecule has 4 heteroatoms. The Morgan fingerprint density at radius 2 is 2.00 bits per heavy atom. The molecule has 3 nitrogen and oxygen atoms in total. The largest absolute Gasteiger partial charge is 0.329 e. The van der Waals surface area contributed by atoms with Crippen molar-refractivity contribution in [2.24, 2.45) is 0 Å². The molecule has 1 unspecified atom stereocenters. The zero-order valence-corrected chi connectivity index (χ0v) is 10.0. The average molecular weight is 206 g/mol. The summed E-state index contributed by atoms with van der Waals surface area (Å²) in [7, 11) is 4.45. The molecule has 0 aromatic rings. The first-order chi connectivity index (χ1) is 5.95. The van der Waals surface area contributed by atoms with Crippen molar-refractivity contribution in [3.8, 4) is 0 Å². The van der Waals surface area contributed by atoms with Crippen LogP contribution in [0.1, 0.15) is 6.92 Å². The molecule has 0 rings (SSSR count). The summed E-state index contributed by atoms with van der Waals surface area (Å²) in [6.07, 6.45) is 4.34. The Labute approximate surface area is 81.8 Å². The molecule has 0 amide bonds. The normalized spacial score (nSPS) is 15.1. The highest BCUT2D eigenvalue weighted by Crippen LogP contribution is 2.21. The van der Waals surface area contributed by atoms with E-state index in [1.165, 1.54) is 0 Å². The maximum Gasteiger partial charge on any atom is 0.195 e. The van der Waals surface area contributed by atoms with Crippen LogP contribution in [0.4, 0.5) is 0 Å². The minimum absolute atomic E-state index is 0.568. The molecule has 0 heterocycles. The van der Waals surface area contributed by atoms with Crippen molar-refractivity contribution in [2.45, 2.75) is 6.92 Å². The second-order valence-corrected chi connectivity index (χ2v) is 5.45. The van der Waals surface area contributed by atoms with Gasteiger partial charge in [-0.2, -0.15) is 0 Å². The summed E-state index contributed by atoms with van der Waals surface area (Å²) in [4.78, 5) is 0. The Balaban J connectivity index is 3.48. The lowest BCUT2D eigenvalue weighted by molar-refractivity contribution is -0.870.